The molecule has 20 heavy (non-hydrogen) atoms. The van der Waals surface area contributed by atoms with Crippen LogP contribution in [-0.4, -0.2) is 5.91 Å². The van der Waals surface area contributed by atoms with Crippen LogP contribution in [0.5, 0.6) is 0 Å². The van der Waals surface area contributed by atoms with Gasteiger partial charge in [-0.25, -0.2) is 0 Å². The molecule has 2 rings (SSSR count). The summed E-state index contributed by atoms with van der Waals surface area (Å²) in [5.41, 5.74) is 7.80. The zero-order chi connectivity index (χ0) is 14.9. The minimum Gasteiger partial charge on any atom is -0.397 e. The summed E-state index contributed by atoms with van der Waals surface area (Å²) in [5.74, 6) is -0.359. The molecule has 3 N–H and O–H groups in total. The van der Waals surface area contributed by atoms with Gasteiger partial charge in [-0.3, -0.25) is 4.79 Å². The number of nitrogen functional groups attached to an aromatic ring is 1. The van der Waals surface area contributed by atoms with Gasteiger partial charge in [-0.2, -0.15) is 0 Å². The molecule has 0 bridgehead atoms. The van der Waals surface area contributed by atoms with Crippen molar-refractivity contribution in [3.05, 3.63) is 56.5 Å². The summed E-state index contributed by atoms with van der Waals surface area (Å²) < 4.78 is 0. The van der Waals surface area contributed by atoms with Gasteiger partial charge in [0.2, 0.25) is 0 Å². The highest BCUT2D eigenvalue weighted by molar-refractivity contribution is 6.36. The van der Waals surface area contributed by atoms with Crippen molar-refractivity contribution in [3.63, 3.8) is 0 Å². The average molecular weight is 330 g/mol. The van der Waals surface area contributed by atoms with Crippen molar-refractivity contribution in [3.8, 4) is 0 Å². The third kappa shape index (κ3) is 3.18. The first-order valence-corrected chi connectivity index (χ1v) is 6.84. The van der Waals surface area contributed by atoms with Gasteiger partial charge in [0.1, 0.15) is 0 Å². The smallest absolute Gasteiger partial charge is 0.257 e. The Morgan fingerprint density at radius 1 is 1.10 bits per heavy atom. The number of benzene rings is 2. The Hall–Kier alpha value is -1.42. The lowest BCUT2D eigenvalue weighted by atomic mass is 10.1. The maximum atomic E-state index is 12.2. The molecule has 0 heterocycles. The van der Waals surface area contributed by atoms with E-state index in [1.54, 1.807) is 24.3 Å². The molecule has 0 saturated heterocycles. The van der Waals surface area contributed by atoms with E-state index in [-0.39, 0.29) is 5.91 Å². The van der Waals surface area contributed by atoms with Crippen molar-refractivity contribution in [2.45, 2.75) is 6.92 Å². The van der Waals surface area contributed by atoms with Crippen LogP contribution in [0.1, 0.15) is 15.9 Å². The normalized spacial score (nSPS) is 10.4. The number of halogens is 3. The third-order valence-corrected chi connectivity index (χ3v) is 3.66. The van der Waals surface area contributed by atoms with Gasteiger partial charge in [0.15, 0.2) is 0 Å². The van der Waals surface area contributed by atoms with Crippen molar-refractivity contribution < 1.29 is 4.79 Å². The summed E-state index contributed by atoms with van der Waals surface area (Å²) in [6.07, 6.45) is 0. The van der Waals surface area contributed by atoms with Crippen LogP contribution in [0.4, 0.5) is 11.4 Å². The van der Waals surface area contributed by atoms with Gasteiger partial charge in [0.25, 0.3) is 5.91 Å². The first-order valence-electron chi connectivity index (χ1n) is 5.70. The fourth-order valence-electron chi connectivity index (χ4n) is 1.69. The Balaban J connectivity index is 2.32. The van der Waals surface area contributed by atoms with Gasteiger partial charge < -0.3 is 11.1 Å². The molecule has 0 aliphatic rings. The second kappa shape index (κ2) is 5.92. The summed E-state index contributed by atoms with van der Waals surface area (Å²) in [6, 6.07) is 7.99. The van der Waals surface area contributed by atoms with E-state index in [1.807, 2.05) is 6.92 Å². The highest BCUT2D eigenvalue weighted by Gasteiger charge is 2.13. The van der Waals surface area contributed by atoms with Crippen LogP contribution >= 0.6 is 34.8 Å². The lowest BCUT2D eigenvalue weighted by molar-refractivity contribution is 0.102. The van der Waals surface area contributed by atoms with Crippen molar-refractivity contribution in [2.75, 3.05) is 11.1 Å². The second-order valence-electron chi connectivity index (χ2n) is 4.27. The quantitative estimate of drug-likeness (QED) is 0.778. The summed E-state index contributed by atoms with van der Waals surface area (Å²) in [7, 11) is 0. The fraction of sp³-hybridized carbons (Fsp3) is 0.0714. The van der Waals surface area contributed by atoms with Crippen LogP contribution in [0.15, 0.2) is 30.3 Å². The average Bonchev–Trinajstić information content (AvgIpc) is 2.38. The molecule has 0 saturated carbocycles. The van der Waals surface area contributed by atoms with Crippen molar-refractivity contribution in [2.24, 2.45) is 0 Å². The molecule has 0 aromatic heterocycles. The van der Waals surface area contributed by atoms with E-state index < -0.39 is 0 Å². The minimum atomic E-state index is -0.359. The highest BCUT2D eigenvalue weighted by Crippen LogP contribution is 2.28. The van der Waals surface area contributed by atoms with Gasteiger partial charge in [-0.1, -0.05) is 34.8 Å². The summed E-state index contributed by atoms with van der Waals surface area (Å²) in [4.78, 5) is 12.2. The first-order chi connectivity index (χ1) is 9.38. The molecule has 1 amide bonds. The number of carbonyl (C=O) groups is 1. The van der Waals surface area contributed by atoms with Crippen molar-refractivity contribution in [1.29, 1.82) is 0 Å². The van der Waals surface area contributed by atoms with Gasteiger partial charge in [0, 0.05) is 10.7 Å². The number of hydrogen-bond acceptors (Lipinski definition) is 2. The second-order valence-corrected chi connectivity index (χ2v) is 5.52. The number of anilines is 2. The number of aryl methyl sites for hydroxylation is 1. The highest BCUT2D eigenvalue weighted by atomic mass is 35.5. The number of hydrogen-bond donors (Lipinski definition) is 2. The standard InChI is InChI=1S/C14H11Cl3N2O/c1-7-4-11(17)12(18)6-13(7)19-14(20)9-5-8(15)2-3-10(9)16/h2-6H,18H2,1H3,(H,19,20). The zero-order valence-corrected chi connectivity index (χ0v) is 12.8. The van der Waals surface area contributed by atoms with Crippen LogP contribution in [-0.2, 0) is 0 Å². The molecule has 2 aromatic rings. The Bertz CT molecular complexity index is 686. The van der Waals surface area contributed by atoms with E-state index in [1.165, 1.54) is 6.07 Å². The lowest BCUT2D eigenvalue weighted by Gasteiger charge is -2.11. The van der Waals surface area contributed by atoms with E-state index in [4.69, 9.17) is 40.5 Å². The van der Waals surface area contributed by atoms with Gasteiger partial charge >= 0.3 is 0 Å². The number of nitrogens with one attached hydrogen (secondary N) is 1. The van der Waals surface area contributed by atoms with Crippen LogP contribution in [0.25, 0.3) is 0 Å². The summed E-state index contributed by atoms with van der Waals surface area (Å²) in [5, 5.41) is 3.95. The molecule has 0 atom stereocenters. The summed E-state index contributed by atoms with van der Waals surface area (Å²) in [6.45, 7) is 1.82. The zero-order valence-electron chi connectivity index (χ0n) is 10.5. The number of rotatable bonds is 2. The van der Waals surface area contributed by atoms with E-state index in [0.717, 1.165) is 5.56 Å². The number of amides is 1. The number of nitrogens with two attached hydrogens (primary N) is 1. The molecule has 3 nitrogen and oxygen atoms in total. The molecular formula is C14H11Cl3N2O. The predicted octanol–water partition coefficient (Wildman–Crippen LogP) is 4.79. The van der Waals surface area contributed by atoms with E-state index in [9.17, 15) is 4.79 Å². The number of carbonyl (C=O) groups excluding carboxylic acids is 1. The minimum absolute atomic E-state index is 0.298. The summed E-state index contributed by atoms with van der Waals surface area (Å²) >= 11 is 17.8. The largest absolute Gasteiger partial charge is 0.397 e. The van der Waals surface area contributed by atoms with Crippen LogP contribution in [0.3, 0.4) is 0 Å². The Kier molecular flexibility index (Phi) is 4.43. The van der Waals surface area contributed by atoms with Gasteiger partial charge in [-0.05, 0) is 42.8 Å². The van der Waals surface area contributed by atoms with Gasteiger partial charge in [0.05, 0.1) is 21.3 Å². The molecule has 2 aromatic carbocycles. The van der Waals surface area contributed by atoms with Crippen LogP contribution in [0.2, 0.25) is 15.1 Å². The Morgan fingerprint density at radius 3 is 2.50 bits per heavy atom. The molecule has 0 aliphatic heterocycles. The molecule has 0 aliphatic carbocycles. The maximum Gasteiger partial charge on any atom is 0.257 e. The Labute approximate surface area is 131 Å². The SMILES string of the molecule is Cc1cc(Cl)c(N)cc1NC(=O)c1cc(Cl)ccc1Cl. The Morgan fingerprint density at radius 2 is 1.80 bits per heavy atom. The maximum absolute atomic E-state index is 12.2. The third-order valence-electron chi connectivity index (χ3n) is 2.76. The molecule has 0 radical (unpaired) electrons. The monoisotopic (exact) mass is 328 g/mol. The lowest BCUT2D eigenvalue weighted by Crippen LogP contribution is -2.13. The molecule has 104 valence electrons. The van der Waals surface area contributed by atoms with Crippen LogP contribution in [0, 0.1) is 6.92 Å². The predicted molar refractivity (Wildman–Crippen MR) is 85.0 cm³/mol. The van der Waals surface area contributed by atoms with E-state index >= 15 is 0 Å². The molecule has 0 unspecified atom stereocenters. The molecule has 6 heteroatoms. The van der Waals surface area contributed by atoms with Crippen LogP contribution < -0.4 is 11.1 Å². The topological polar surface area (TPSA) is 55.1 Å². The fourth-order valence-corrected chi connectivity index (χ4v) is 2.28. The molecule has 0 spiro atoms. The van der Waals surface area contributed by atoms with E-state index in [2.05, 4.69) is 5.32 Å². The van der Waals surface area contributed by atoms with Crippen molar-refractivity contribution in [1.82, 2.24) is 0 Å². The first kappa shape index (κ1) is 15.0. The van der Waals surface area contributed by atoms with Crippen molar-refractivity contribution >= 4 is 52.1 Å². The molecular weight excluding hydrogens is 319 g/mol. The van der Waals surface area contributed by atoms with E-state index in [0.29, 0.717) is 32.0 Å². The molecule has 0 fully saturated rings. The van der Waals surface area contributed by atoms with Gasteiger partial charge in [-0.15, -0.1) is 0 Å².